The molecule has 0 saturated carbocycles. The Hall–Kier alpha value is -4.10. The molecule has 0 aliphatic carbocycles. The highest BCUT2D eigenvalue weighted by Crippen LogP contribution is 2.45. The van der Waals surface area contributed by atoms with Gasteiger partial charge in [-0.05, 0) is 67.4 Å². The fourth-order valence-corrected chi connectivity index (χ4v) is 5.72. The Bertz CT molecular complexity index is 1770. The molecule has 1 atom stereocenters. The van der Waals surface area contributed by atoms with Gasteiger partial charge >= 0.3 is 0 Å². The number of carbonyl (C=O) groups is 2. The van der Waals surface area contributed by atoms with Crippen LogP contribution in [0.4, 0.5) is 5.69 Å². The van der Waals surface area contributed by atoms with Crippen LogP contribution in [0.3, 0.4) is 0 Å². The van der Waals surface area contributed by atoms with E-state index in [1.165, 1.54) is 4.90 Å². The number of para-hydroxylation sites is 1. The molecule has 1 N–H and O–H groups in total. The summed E-state index contributed by atoms with van der Waals surface area (Å²) in [5.74, 6) is -1.65. The molecule has 3 aromatic carbocycles. The van der Waals surface area contributed by atoms with Gasteiger partial charge in [0, 0.05) is 45.3 Å². The summed E-state index contributed by atoms with van der Waals surface area (Å²) in [5.41, 5.74) is 4.81. The average molecular weight is 555 g/mol. The van der Waals surface area contributed by atoms with Gasteiger partial charge in [0.25, 0.3) is 5.91 Å². The lowest BCUT2D eigenvalue weighted by molar-refractivity contribution is -0.117. The highest BCUT2D eigenvalue weighted by Gasteiger charge is 2.46. The highest BCUT2D eigenvalue weighted by molar-refractivity contribution is 9.10. The molecule has 0 fully saturated rings. The van der Waals surface area contributed by atoms with Crippen molar-refractivity contribution in [2.45, 2.75) is 19.9 Å². The third kappa shape index (κ3) is 3.69. The second kappa shape index (κ2) is 8.49. The van der Waals surface area contributed by atoms with Crippen LogP contribution < -0.4 is 4.90 Å². The average Bonchev–Trinajstić information content (AvgIpc) is 3.50. The molecular weight excluding hydrogens is 532 g/mol. The number of benzene rings is 3. The minimum atomic E-state index is -0.841. The van der Waals surface area contributed by atoms with Gasteiger partial charge in [-0.25, -0.2) is 0 Å². The second-order valence-electron chi connectivity index (χ2n) is 9.52. The minimum absolute atomic E-state index is 0.00126. The molecule has 1 unspecified atom stereocenters. The van der Waals surface area contributed by atoms with E-state index in [4.69, 9.17) is 4.42 Å². The number of fused-ring (bicyclic) bond motifs is 2. The van der Waals surface area contributed by atoms with Crippen molar-refractivity contribution in [1.29, 1.82) is 0 Å². The molecule has 37 heavy (non-hydrogen) atoms. The number of nitrogens with zero attached hydrogens (tertiary/aromatic N) is 2. The molecule has 6 nitrogen and oxygen atoms in total. The van der Waals surface area contributed by atoms with E-state index < -0.39 is 23.5 Å². The third-order valence-corrected chi connectivity index (χ3v) is 7.36. The molecule has 1 aliphatic rings. The molecule has 1 aliphatic heterocycles. The van der Waals surface area contributed by atoms with E-state index in [0.29, 0.717) is 11.3 Å². The zero-order valence-corrected chi connectivity index (χ0v) is 22.0. The van der Waals surface area contributed by atoms with Crippen molar-refractivity contribution in [3.63, 3.8) is 0 Å². The first-order valence-corrected chi connectivity index (χ1v) is 12.6. The second-order valence-corrected chi connectivity index (χ2v) is 10.4. The summed E-state index contributed by atoms with van der Waals surface area (Å²) in [6.45, 7) is 3.91. The fourth-order valence-electron chi connectivity index (χ4n) is 5.34. The number of anilines is 1. The first kappa shape index (κ1) is 23.3. The van der Waals surface area contributed by atoms with Crippen LogP contribution in [0.25, 0.3) is 21.9 Å². The molecule has 184 valence electrons. The highest BCUT2D eigenvalue weighted by atomic mass is 79.9. The molecule has 1 amide bonds. The molecule has 0 bridgehead atoms. The summed E-state index contributed by atoms with van der Waals surface area (Å²) in [6, 6.07) is 19.9. The van der Waals surface area contributed by atoms with Crippen molar-refractivity contribution < 1.29 is 19.1 Å². The van der Waals surface area contributed by atoms with Crippen molar-refractivity contribution in [2.75, 3.05) is 4.90 Å². The van der Waals surface area contributed by atoms with Gasteiger partial charge < -0.3 is 14.1 Å². The zero-order valence-electron chi connectivity index (χ0n) is 20.4. The molecular formula is C30H23BrN2O4. The van der Waals surface area contributed by atoms with Gasteiger partial charge in [-0.2, -0.15) is 0 Å². The summed E-state index contributed by atoms with van der Waals surface area (Å²) in [7, 11) is 1.92. The van der Waals surface area contributed by atoms with E-state index >= 15 is 0 Å². The fraction of sp³-hybridized carbons (Fsp3) is 0.133. The van der Waals surface area contributed by atoms with Gasteiger partial charge in [-0.15, -0.1) is 0 Å². The Morgan fingerprint density at radius 2 is 1.73 bits per heavy atom. The third-order valence-electron chi connectivity index (χ3n) is 6.86. The smallest absolute Gasteiger partial charge is 0.294 e. The molecule has 2 aromatic heterocycles. The molecule has 6 rings (SSSR count). The summed E-state index contributed by atoms with van der Waals surface area (Å²) >= 11 is 3.44. The van der Waals surface area contributed by atoms with E-state index in [1.807, 2.05) is 86.3 Å². The van der Waals surface area contributed by atoms with Crippen molar-refractivity contribution in [1.82, 2.24) is 4.57 Å². The summed E-state index contributed by atoms with van der Waals surface area (Å²) in [6.07, 6.45) is 1.92. The van der Waals surface area contributed by atoms with Crippen molar-refractivity contribution in [2.24, 2.45) is 7.05 Å². The number of carbonyl (C=O) groups excluding carboxylic acids is 2. The lowest BCUT2D eigenvalue weighted by Crippen LogP contribution is -2.31. The topological polar surface area (TPSA) is 75.7 Å². The van der Waals surface area contributed by atoms with Gasteiger partial charge in [0.2, 0.25) is 5.78 Å². The van der Waals surface area contributed by atoms with Gasteiger partial charge in [-0.3, -0.25) is 14.5 Å². The summed E-state index contributed by atoms with van der Waals surface area (Å²) in [4.78, 5) is 29.1. The minimum Gasteiger partial charge on any atom is -0.503 e. The van der Waals surface area contributed by atoms with Crippen molar-refractivity contribution >= 4 is 55.2 Å². The van der Waals surface area contributed by atoms with Crippen LogP contribution in [0.5, 0.6) is 0 Å². The maximum Gasteiger partial charge on any atom is 0.294 e. The number of aryl methyl sites for hydroxylation is 3. The SMILES string of the molecule is Cc1cc(C)cc(N2C(=O)C(O)=C(C(=O)c3cc4cc(Br)ccc4o3)C2c2cn(C)c3ccccc23)c1. The molecule has 0 radical (unpaired) electrons. The quantitative estimate of drug-likeness (QED) is 0.241. The lowest BCUT2D eigenvalue weighted by atomic mass is 9.94. The van der Waals surface area contributed by atoms with Crippen LogP contribution in [0.15, 0.2) is 93.1 Å². The Morgan fingerprint density at radius 3 is 2.49 bits per heavy atom. The van der Waals surface area contributed by atoms with Crippen LogP contribution in [0.2, 0.25) is 0 Å². The number of aliphatic hydroxyl groups excluding tert-OH is 1. The Kier molecular flexibility index (Phi) is 5.35. The van der Waals surface area contributed by atoms with E-state index in [0.717, 1.165) is 37.5 Å². The molecule has 3 heterocycles. The lowest BCUT2D eigenvalue weighted by Gasteiger charge is -2.27. The number of rotatable bonds is 4. The van der Waals surface area contributed by atoms with Gasteiger partial charge in [-0.1, -0.05) is 40.2 Å². The summed E-state index contributed by atoms with van der Waals surface area (Å²) in [5, 5.41) is 12.8. The number of furan rings is 1. The first-order valence-electron chi connectivity index (χ1n) is 11.9. The standard InChI is InChI=1S/C30H23BrN2O4/c1-16-10-17(2)12-20(11-16)33-27(22-15-32(3)23-7-5-4-6-21(22)23)26(29(35)30(33)36)28(34)25-14-18-13-19(31)8-9-24(18)37-25/h4-15,27,35H,1-3H3. The Morgan fingerprint density at radius 1 is 1.00 bits per heavy atom. The van der Waals surface area contributed by atoms with Crippen LogP contribution >= 0.6 is 15.9 Å². The van der Waals surface area contributed by atoms with Gasteiger partial charge in [0.1, 0.15) is 5.58 Å². The van der Waals surface area contributed by atoms with Crippen molar-refractivity contribution in [3.05, 3.63) is 111 Å². The predicted octanol–water partition coefficient (Wildman–Crippen LogP) is 7.09. The number of ketones is 1. The molecule has 0 saturated heterocycles. The number of hydrogen-bond donors (Lipinski definition) is 1. The number of aliphatic hydroxyl groups is 1. The summed E-state index contributed by atoms with van der Waals surface area (Å²) < 4.78 is 8.70. The van der Waals surface area contributed by atoms with E-state index in [9.17, 15) is 14.7 Å². The number of hydrogen-bond acceptors (Lipinski definition) is 4. The number of amides is 1. The maximum atomic E-state index is 14.0. The van der Waals surface area contributed by atoms with Crippen LogP contribution in [-0.4, -0.2) is 21.4 Å². The number of halogens is 1. The predicted molar refractivity (Wildman–Crippen MR) is 147 cm³/mol. The molecule has 5 aromatic rings. The van der Waals surface area contributed by atoms with E-state index in [1.54, 1.807) is 12.1 Å². The molecule has 0 spiro atoms. The zero-order chi connectivity index (χ0) is 26.0. The van der Waals surface area contributed by atoms with Crippen LogP contribution in [-0.2, 0) is 11.8 Å². The Labute approximate surface area is 221 Å². The van der Waals surface area contributed by atoms with E-state index in [-0.39, 0.29) is 11.3 Å². The largest absolute Gasteiger partial charge is 0.503 e. The maximum absolute atomic E-state index is 14.0. The normalized spacial score (nSPS) is 15.9. The van der Waals surface area contributed by atoms with Crippen molar-refractivity contribution in [3.8, 4) is 0 Å². The Balaban J connectivity index is 1.58. The number of aromatic nitrogens is 1. The van der Waals surface area contributed by atoms with Crippen LogP contribution in [0, 0.1) is 13.8 Å². The van der Waals surface area contributed by atoms with E-state index in [2.05, 4.69) is 15.9 Å². The van der Waals surface area contributed by atoms with Gasteiger partial charge in [0.15, 0.2) is 11.5 Å². The monoisotopic (exact) mass is 554 g/mol. The van der Waals surface area contributed by atoms with Crippen LogP contribution in [0.1, 0.15) is 33.3 Å². The first-order chi connectivity index (χ1) is 17.7. The molecule has 7 heteroatoms. The number of Topliss-reactive ketones (excluding diaryl/α,β-unsaturated/α-hetero) is 1. The van der Waals surface area contributed by atoms with Gasteiger partial charge in [0.05, 0.1) is 11.6 Å².